The average Bonchev–Trinajstić information content (AvgIpc) is 1.41. The zero-order valence-electron chi connectivity index (χ0n) is 2.34. The Morgan fingerprint density at radius 3 is 2.60 bits per heavy atom. The van der Waals surface area contributed by atoms with Gasteiger partial charge in [-0.3, -0.25) is 4.79 Å². The van der Waals surface area contributed by atoms with Crippen LogP contribution in [0.3, 0.4) is 0 Å². The van der Waals surface area contributed by atoms with Gasteiger partial charge in [-0.1, -0.05) is 0 Å². The lowest BCUT2D eigenvalue weighted by molar-refractivity contribution is -0.106. The van der Waals surface area contributed by atoms with E-state index in [-0.39, 0.29) is 0 Å². The largest absolute Gasteiger partial charge is 0.276 e. The molecule has 0 unspecified atom stereocenters. The minimum atomic E-state index is 0.340. The van der Waals surface area contributed by atoms with E-state index < -0.39 is 0 Å². The number of isothiocyanates is 1. The van der Waals surface area contributed by atoms with E-state index >= 15 is 0 Å². The summed E-state index contributed by atoms with van der Waals surface area (Å²) in [5, 5.41) is 1.86. The van der Waals surface area contributed by atoms with Gasteiger partial charge >= 0.3 is 0 Å². The van der Waals surface area contributed by atoms with Gasteiger partial charge in [0.2, 0.25) is 6.41 Å². The fraction of sp³-hybridized carbons (Fsp3) is 0. The lowest BCUT2D eigenvalue weighted by atomic mass is 11.4. The van der Waals surface area contributed by atoms with E-state index in [4.69, 9.17) is 4.79 Å². The zero-order chi connectivity index (χ0) is 4.12. The second-order valence-corrected chi connectivity index (χ2v) is 0.508. The third-order valence-electron chi connectivity index (χ3n) is 0.105. The number of amides is 1. The van der Waals surface area contributed by atoms with Gasteiger partial charge in [-0.2, -0.15) is 4.99 Å². The molecule has 0 aromatic heterocycles. The highest BCUT2D eigenvalue weighted by Gasteiger charge is 1.44. The normalized spacial score (nSPS) is 4.80. The summed E-state index contributed by atoms with van der Waals surface area (Å²) in [6.45, 7) is 0. The number of carbonyl (C=O) groups excluding carboxylic acids is 1. The Hall–Kier alpha value is -0.530. The van der Waals surface area contributed by atoms with Crippen LogP contribution in [0.4, 0.5) is 0 Å². The minimum Gasteiger partial charge on any atom is -0.276 e. The van der Waals surface area contributed by atoms with Gasteiger partial charge in [-0.05, 0) is 12.2 Å². The third-order valence-corrected chi connectivity index (χ3v) is 0.211. The first-order valence-electron chi connectivity index (χ1n) is 0.922. The molecule has 0 atom stereocenters. The van der Waals surface area contributed by atoms with Crippen molar-refractivity contribution in [2.24, 2.45) is 4.99 Å². The van der Waals surface area contributed by atoms with Crippen LogP contribution in [-0.4, -0.2) is 11.6 Å². The van der Waals surface area contributed by atoms with Crippen molar-refractivity contribution >= 4 is 23.8 Å². The van der Waals surface area contributed by atoms with Crippen LogP contribution in [0.25, 0.3) is 0 Å². The van der Waals surface area contributed by atoms with Crippen LogP contribution in [-0.2, 0) is 4.79 Å². The molecule has 0 spiro atoms. The van der Waals surface area contributed by atoms with E-state index in [0.717, 1.165) is 0 Å². The molecule has 0 saturated heterocycles. The third kappa shape index (κ3) is 3.47. The average molecular weight is 87.1 g/mol. The molecule has 0 aromatic carbocycles. The maximum Gasteiger partial charge on any atom is 0.241 e. The molecule has 0 saturated carbocycles. The maximum absolute atomic E-state index is 9.11. The van der Waals surface area contributed by atoms with Crippen molar-refractivity contribution < 1.29 is 4.79 Å². The number of aliphatic imine (C=N–C) groups is 1. The van der Waals surface area contributed by atoms with Crippen LogP contribution in [0.5, 0.6) is 0 Å². The molecule has 0 aromatic rings. The van der Waals surface area contributed by atoms with Crippen molar-refractivity contribution in [2.45, 2.75) is 0 Å². The molecule has 0 N–H and O–H groups in total. The molecule has 0 fully saturated rings. The molecule has 0 heterocycles. The lowest BCUT2D eigenvalue weighted by Gasteiger charge is -1.42. The molecular formula is C2HNOS. The van der Waals surface area contributed by atoms with Crippen molar-refractivity contribution in [3.05, 3.63) is 0 Å². The summed E-state index contributed by atoms with van der Waals surface area (Å²) in [6.07, 6.45) is 0.340. The summed E-state index contributed by atoms with van der Waals surface area (Å²) >= 11 is 4.00. The van der Waals surface area contributed by atoms with Gasteiger partial charge in [-0.15, -0.1) is 0 Å². The lowest BCUT2D eigenvalue weighted by Crippen LogP contribution is -1.50. The van der Waals surface area contributed by atoms with E-state index in [1.807, 2.05) is 5.16 Å². The zero-order valence-corrected chi connectivity index (χ0v) is 3.16. The van der Waals surface area contributed by atoms with Gasteiger partial charge < -0.3 is 0 Å². The predicted molar refractivity (Wildman–Crippen MR) is 21.1 cm³/mol. The number of hydrogen-bond acceptors (Lipinski definition) is 2. The number of thiocarbonyl (C=S) groups is 1. The van der Waals surface area contributed by atoms with Crippen LogP contribution >= 0.6 is 12.2 Å². The van der Waals surface area contributed by atoms with Gasteiger partial charge in [-0.25, -0.2) is 0 Å². The highest BCUT2D eigenvalue weighted by atomic mass is 32.1. The van der Waals surface area contributed by atoms with E-state index in [9.17, 15) is 0 Å². The first-order valence-corrected chi connectivity index (χ1v) is 1.33. The summed E-state index contributed by atoms with van der Waals surface area (Å²) in [6, 6.07) is 0. The number of carbonyl (C=O) groups is 1. The Balaban J connectivity index is 3.31. The Kier molecular flexibility index (Phi) is 3.10. The summed E-state index contributed by atoms with van der Waals surface area (Å²) in [5.74, 6) is 0. The maximum atomic E-state index is 9.11. The molecule has 0 aliphatic rings. The molecule has 1 amide bonds. The molecule has 26 valence electrons. The van der Waals surface area contributed by atoms with Gasteiger partial charge in [0.15, 0.2) is 0 Å². The molecule has 0 bridgehead atoms. The highest BCUT2D eigenvalue weighted by molar-refractivity contribution is 7.78. The SMILES string of the molecule is O=CN=C=S. The minimum absolute atomic E-state index is 0.340. The second kappa shape index (κ2) is 3.47. The number of hydrogen-bond donors (Lipinski definition) is 0. The van der Waals surface area contributed by atoms with Gasteiger partial charge in [0, 0.05) is 0 Å². The fourth-order valence-corrected chi connectivity index (χ4v) is 0.0645. The molecule has 0 radical (unpaired) electrons. The molecule has 2 nitrogen and oxygen atoms in total. The topological polar surface area (TPSA) is 29.4 Å². The first-order chi connectivity index (χ1) is 2.41. The Bertz CT molecular complexity index is 73.7. The smallest absolute Gasteiger partial charge is 0.241 e. The molecule has 0 aliphatic carbocycles. The first kappa shape index (κ1) is 4.47. The summed E-state index contributed by atoms with van der Waals surface area (Å²) in [4.78, 5) is 12.0. The molecule has 0 rings (SSSR count). The quantitative estimate of drug-likeness (QED) is 0.260. The molecular weight excluding hydrogens is 86.1 g/mol. The van der Waals surface area contributed by atoms with E-state index in [2.05, 4.69) is 17.2 Å². The Labute approximate surface area is 34.5 Å². The van der Waals surface area contributed by atoms with Crippen LogP contribution < -0.4 is 0 Å². The van der Waals surface area contributed by atoms with Gasteiger partial charge in [0.1, 0.15) is 0 Å². The monoisotopic (exact) mass is 87.0 g/mol. The summed E-state index contributed by atoms with van der Waals surface area (Å²) in [7, 11) is 0. The van der Waals surface area contributed by atoms with Crippen molar-refractivity contribution in [1.29, 1.82) is 0 Å². The summed E-state index contributed by atoms with van der Waals surface area (Å²) in [5.41, 5.74) is 0. The van der Waals surface area contributed by atoms with Gasteiger partial charge in [0.05, 0.1) is 5.16 Å². The number of nitrogens with zero attached hydrogens (tertiary/aromatic N) is 1. The molecule has 3 heteroatoms. The van der Waals surface area contributed by atoms with E-state index in [0.29, 0.717) is 6.41 Å². The Morgan fingerprint density at radius 1 is 2.00 bits per heavy atom. The van der Waals surface area contributed by atoms with E-state index in [1.54, 1.807) is 0 Å². The van der Waals surface area contributed by atoms with Crippen molar-refractivity contribution in [3.63, 3.8) is 0 Å². The van der Waals surface area contributed by atoms with Crippen LogP contribution in [0.1, 0.15) is 0 Å². The van der Waals surface area contributed by atoms with Crippen LogP contribution in [0.15, 0.2) is 4.99 Å². The predicted octanol–water partition coefficient (Wildman–Crippen LogP) is 0.246. The van der Waals surface area contributed by atoms with Gasteiger partial charge in [0.25, 0.3) is 0 Å². The molecule has 0 aliphatic heterocycles. The molecule has 5 heavy (non-hydrogen) atoms. The van der Waals surface area contributed by atoms with E-state index in [1.165, 1.54) is 0 Å². The van der Waals surface area contributed by atoms with Crippen LogP contribution in [0, 0.1) is 0 Å². The van der Waals surface area contributed by atoms with Crippen molar-refractivity contribution in [1.82, 2.24) is 0 Å². The number of rotatable bonds is 1. The van der Waals surface area contributed by atoms with Crippen molar-refractivity contribution in [2.75, 3.05) is 0 Å². The fourth-order valence-electron chi connectivity index (χ4n) is 0.0215. The Morgan fingerprint density at radius 2 is 2.60 bits per heavy atom. The summed E-state index contributed by atoms with van der Waals surface area (Å²) < 4.78 is 0. The van der Waals surface area contributed by atoms with Crippen LogP contribution in [0.2, 0.25) is 0 Å². The highest BCUT2D eigenvalue weighted by Crippen LogP contribution is 1.41. The van der Waals surface area contributed by atoms with Crippen molar-refractivity contribution in [3.8, 4) is 0 Å². The standard InChI is InChI=1S/C2HNOS/c4-1-3-2-5/h1H. The second-order valence-electron chi connectivity index (χ2n) is 0.326.